The molecule has 102 valence electrons. The van der Waals surface area contributed by atoms with Crippen molar-refractivity contribution in [2.24, 2.45) is 16.5 Å². The summed E-state index contributed by atoms with van der Waals surface area (Å²) in [5, 5.41) is 0. The molecule has 0 amide bonds. The van der Waals surface area contributed by atoms with Crippen LogP contribution in [-0.4, -0.2) is 12.3 Å². The summed E-state index contributed by atoms with van der Waals surface area (Å²) in [5.74, 6) is 0. The summed E-state index contributed by atoms with van der Waals surface area (Å²) in [4.78, 5) is 4.49. The fourth-order valence-corrected chi connectivity index (χ4v) is 2.68. The second-order valence-corrected chi connectivity index (χ2v) is 4.98. The summed E-state index contributed by atoms with van der Waals surface area (Å²) < 4.78 is 0. The quantitative estimate of drug-likeness (QED) is 0.646. The predicted molar refractivity (Wildman–Crippen MR) is 81.3 cm³/mol. The number of aliphatic imine (C=N–C) groups is 1. The molecule has 19 heavy (non-hydrogen) atoms. The highest BCUT2D eigenvalue weighted by Gasteiger charge is 2.15. The standard InChI is InChI=1S/C16H23N3/c1-2-19-16(9-10-17)13-7-8-14-12(11-13)5-3-4-6-15(14)18/h7-11,15H,2-6,17-18H2,1H3/b10-9-,19-16?. The zero-order chi connectivity index (χ0) is 13.7. The summed E-state index contributed by atoms with van der Waals surface area (Å²) in [5.41, 5.74) is 16.5. The average Bonchev–Trinajstić information content (AvgIpc) is 2.60. The molecule has 0 radical (unpaired) electrons. The van der Waals surface area contributed by atoms with E-state index in [1.165, 1.54) is 24.0 Å². The van der Waals surface area contributed by atoms with Gasteiger partial charge in [0.25, 0.3) is 0 Å². The fourth-order valence-electron chi connectivity index (χ4n) is 2.68. The van der Waals surface area contributed by atoms with Crippen LogP contribution in [0.3, 0.4) is 0 Å². The maximum Gasteiger partial charge on any atom is 0.0660 e. The normalized spacial score (nSPS) is 20.3. The van der Waals surface area contributed by atoms with E-state index in [4.69, 9.17) is 11.5 Å². The first-order valence-electron chi connectivity index (χ1n) is 7.07. The van der Waals surface area contributed by atoms with Crippen molar-refractivity contribution in [1.29, 1.82) is 0 Å². The van der Waals surface area contributed by atoms with Gasteiger partial charge in [-0.1, -0.05) is 18.6 Å². The molecule has 3 nitrogen and oxygen atoms in total. The van der Waals surface area contributed by atoms with Gasteiger partial charge in [0.1, 0.15) is 0 Å². The Hall–Kier alpha value is -1.61. The van der Waals surface area contributed by atoms with E-state index >= 15 is 0 Å². The molecule has 1 atom stereocenters. The zero-order valence-electron chi connectivity index (χ0n) is 11.6. The van der Waals surface area contributed by atoms with Crippen molar-refractivity contribution in [3.63, 3.8) is 0 Å². The molecule has 1 aliphatic rings. The molecule has 1 aromatic carbocycles. The fraction of sp³-hybridized carbons (Fsp3) is 0.438. The molecule has 0 fully saturated rings. The number of hydrogen-bond donors (Lipinski definition) is 2. The number of benzene rings is 1. The molecule has 1 unspecified atom stereocenters. The van der Waals surface area contributed by atoms with E-state index in [-0.39, 0.29) is 6.04 Å². The molecule has 0 aromatic heterocycles. The Kier molecular flexibility index (Phi) is 4.74. The summed E-state index contributed by atoms with van der Waals surface area (Å²) in [6, 6.07) is 6.69. The lowest BCUT2D eigenvalue weighted by Gasteiger charge is -2.14. The first kappa shape index (κ1) is 13.8. The number of aryl methyl sites for hydroxylation is 1. The van der Waals surface area contributed by atoms with Gasteiger partial charge in [-0.2, -0.15) is 0 Å². The Bertz CT molecular complexity index is 489. The lowest BCUT2D eigenvalue weighted by Crippen LogP contribution is -2.11. The van der Waals surface area contributed by atoms with E-state index in [1.54, 1.807) is 6.20 Å². The molecule has 0 spiro atoms. The van der Waals surface area contributed by atoms with Crippen LogP contribution in [0.25, 0.3) is 0 Å². The van der Waals surface area contributed by atoms with Gasteiger partial charge in [0.15, 0.2) is 0 Å². The minimum absolute atomic E-state index is 0.183. The molecule has 0 saturated carbocycles. The molecule has 0 saturated heterocycles. The summed E-state index contributed by atoms with van der Waals surface area (Å²) in [6.07, 6.45) is 8.04. The third-order valence-electron chi connectivity index (χ3n) is 3.63. The van der Waals surface area contributed by atoms with Crippen LogP contribution in [0.1, 0.15) is 48.9 Å². The first-order chi connectivity index (χ1) is 9.26. The lowest BCUT2D eigenvalue weighted by atomic mass is 9.96. The maximum atomic E-state index is 6.23. The van der Waals surface area contributed by atoms with Crippen LogP contribution in [0.15, 0.2) is 35.5 Å². The van der Waals surface area contributed by atoms with Crippen molar-refractivity contribution in [3.05, 3.63) is 47.2 Å². The molecule has 1 aliphatic carbocycles. The number of nitrogens with zero attached hydrogens (tertiary/aromatic N) is 1. The SMILES string of the molecule is CCN=C(/C=C\N)c1ccc2c(c1)CCCCC2N. The Morgan fingerprint density at radius 3 is 3.00 bits per heavy atom. The van der Waals surface area contributed by atoms with Gasteiger partial charge in [0, 0.05) is 12.6 Å². The van der Waals surface area contributed by atoms with Crippen molar-refractivity contribution in [2.45, 2.75) is 38.6 Å². The van der Waals surface area contributed by atoms with Gasteiger partial charge in [-0.3, -0.25) is 4.99 Å². The molecule has 4 N–H and O–H groups in total. The zero-order valence-corrected chi connectivity index (χ0v) is 11.6. The molecular weight excluding hydrogens is 234 g/mol. The van der Waals surface area contributed by atoms with E-state index in [2.05, 4.69) is 23.2 Å². The van der Waals surface area contributed by atoms with Gasteiger partial charge in [0.05, 0.1) is 5.71 Å². The smallest absolute Gasteiger partial charge is 0.0660 e. The Labute approximate surface area is 115 Å². The lowest BCUT2D eigenvalue weighted by molar-refractivity contribution is 0.615. The van der Waals surface area contributed by atoms with Gasteiger partial charge in [0.2, 0.25) is 0 Å². The topological polar surface area (TPSA) is 64.4 Å². The highest BCUT2D eigenvalue weighted by molar-refractivity contribution is 6.08. The molecule has 1 aromatic rings. The van der Waals surface area contributed by atoms with Crippen LogP contribution in [0.5, 0.6) is 0 Å². The predicted octanol–water partition coefficient (Wildman–Crippen LogP) is 2.69. The second-order valence-electron chi connectivity index (χ2n) is 4.98. The summed E-state index contributed by atoms with van der Waals surface area (Å²) in [7, 11) is 0. The van der Waals surface area contributed by atoms with Crippen LogP contribution in [-0.2, 0) is 6.42 Å². The Balaban J connectivity index is 2.39. The first-order valence-corrected chi connectivity index (χ1v) is 7.07. The van der Waals surface area contributed by atoms with Gasteiger partial charge in [-0.15, -0.1) is 0 Å². The Morgan fingerprint density at radius 2 is 2.26 bits per heavy atom. The summed E-state index contributed by atoms with van der Waals surface area (Å²) in [6.45, 7) is 2.79. The van der Waals surface area contributed by atoms with Crippen LogP contribution in [0.4, 0.5) is 0 Å². The van der Waals surface area contributed by atoms with Crippen molar-refractivity contribution in [1.82, 2.24) is 0 Å². The monoisotopic (exact) mass is 257 g/mol. The van der Waals surface area contributed by atoms with Crippen molar-refractivity contribution in [3.8, 4) is 0 Å². The number of nitrogens with two attached hydrogens (primary N) is 2. The van der Waals surface area contributed by atoms with Crippen molar-refractivity contribution >= 4 is 5.71 Å². The minimum Gasteiger partial charge on any atom is -0.405 e. The van der Waals surface area contributed by atoms with E-state index in [0.717, 1.165) is 30.7 Å². The summed E-state index contributed by atoms with van der Waals surface area (Å²) >= 11 is 0. The van der Waals surface area contributed by atoms with Gasteiger partial charge >= 0.3 is 0 Å². The van der Waals surface area contributed by atoms with Crippen LogP contribution in [0, 0.1) is 0 Å². The van der Waals surface area contributed by atoms with Gasteiger partial charge in [-0.25, -0.2) is 0 Å². The molecule has 0 aliphatic heterocycles. The van der Waals surface area contributed by atoms with Gasteiger partial charge < -0.3 is 11.5 Å². The number of hydrogen-bond acceptors (Lipinski definition) is 3. The Morgan fingerprint density at radius 1 is 1.42 bits per heavy atom. The number of rotatable bonds is 3. The van der Waals surface area contributed by atoms with E-state index in [1.807, 2.05) is 13.0 Å². The van der Waals surface area contributed by atoms with Crippen molar-refractivity contribution < 1.29 is 0 Å². The minimum atomic E-state index is 0.183. The van der Waals surface area contributed by atoms with E-state index in [0.29, 0.717) is 0 Å². The second kappa shape index (κ2) is 6.53. The van der Waals surface area contributed by atoms with Crippen molar-refractivity contribution in [2.75, 3.05) is 6.54 Å². The average molecular weight is 257 g/mol. The van der Waals surface area contributed by atoms with Crippen LogP contribution in [0.2, 0.25) is 0 Å². The van der Waals surface area contributed by atoms with Crippen LogP contribution >= 0.6 is 0 Å². The molecule has 0 bridgehead atoms. The highest BCUT2D eigenvalue weighted by Crippen LogP contribution is 2.27. The molecule has 2 rings (SSSR count). The van der Waals surface area contributed by atoms with Crippen LogP contribution < -0.4 is 11.5 Å². The van der Waals surface area contributed by atoms with E-state index in [9.17, 15) is 0 Å². The third kappa shape index (κ3) is 3.24. The molecular formula is C16H23N3. The maximum absolute atomic E-state index is 6.23. The number of allylic oxidation sites excluding steroid dienone is 1. The third-order valence-corrected chi connectivity index (χ3v) is 3.63. The molecule has 3 heteroatoms. The largest absolute Gasteiger partial charge is 0.405 e. The van der Waals surface area contributed by atoms with Gasteiger partial charge in [-0.05, 0) is 61.2 Å². The van der Waals surface area contributed by atoms with E-state index < -0.39 is 0 Å². The highest BCUT2D eigenvalue weighted by atomic mass is 14.7. The number of fused-ring (bicyclic) bond motifs is 1. The molecule has 0 heterocycles.